The summed E-state index contributed by atoms with van der Waals surface area (Å²) in [6.07, 6.45) is 2.96. The topological polar surface area (TPSA) is 32.6 Å². The van der Waals surface area contributed by atoms with Crippen molar-refractivity contribution in [2.24, 2.45) is 4.99 Å². The highest BCUT2D eigenvalue weighted by molar-refractivity contribution is 14.1. The average molecular weight is 587 g/mol. The lowest BCUT2D eigenvalue weighted by atomic mass is 10.0. The molecule has 2 nitrogen and oxygen atoms in total. The van der Waals surface area contributed by atoms with Gasteiger partial charge in [-0.2, -0.15) is 0 Å². The second-order valence-electron chi connectivity index (χ2n) is 5.70. The molecule has 0 saturated heterocycles. The number of rotatable bonds is 4. The van der Waals surface area contributed by atoms with Gasteiger partial charge >= 0.3 is 0 Å². The number of aliphatic imine (C=N–C) groups is 1. The summed E-state index contributed by atoms with van der Waals surface area (Å²) < 4.78 is 30.5. The number of halogens is 4. The first-order valence-corrected chi connectivity index (χ1v) is 9.99. The standard InChI is InChI=1S/C21H13F2I2NO/c1-2-12-3-5-13(6-4-12)14-8-17(22)20(18(23)9-14)26-11-15-7-16(24)10-19(25)21(15)27/h2-11,27H,1H2. The van der Waals surface area contributed by atoms with E-state index in [1.807, 2.05) is 34.7 Å². The van der Waals surface area contributed by atoms with Crippen LogP contribution in [0.1, 0.15) is 11.1 Å². The molecule has 0 amide bonds. The minimum atomic E-state index is -0.770. The van der Waals surface area contributed by atoms with E-state index in [0.717, 1.165) is 9.13 Å². The summed E-state index contributed by atoms with van der Waals surface area (Å²) in [5.41, 5.74) is 2.04. The fourth-order valence-electron chi connectivity index (χ4n) is 2.49. The molecule has 0 radical (unpaired) electrons. The van der Waals surface area contributed by atoms with Crippen LogP contribution in [0.25, 0.3) is 17.2 Å². The molecule has 1 N–H and O–H groups in total. The largest absolute Gasteiger partial charge is 0.506 e. The molecule has 0 atom stereocenters. The van der Waals surface area contributed by atoms with Crippen LogP contribution in [0.4, 0.5) is 14.5 Å². The zero-order valence-corrected chi connectivity index (χ0v) is 18.2. The van der Waals surface area contributed by atoms with Crippen molar-refractivity contribution in [3.05, 3.63) is 85.0 Å². The number of aromatic hydroxyl groups is 1. The molecule has 27 heavy (non-hydrogen) atoms. The molecular formula is C21H13F2I2NO. The van der Waals surface area contributed by atoms with Gasteiger partial charge in [-0.3, -0.25) is 0 Å². The van der Waals surface area contributed by atoms with Gasteiger partial charge in [-0.1, -0.05) is 36.9 Å². The van der Waals surface area contributed by atoms with E-state index in [9.17, 15) is 13.9 Å². The lowest BCUT2D eigenvalue weighted by molar-refractivity contribution is 0.470. The third kappa shape index (κ3) is 4.55. The monoisotopic (exact) mass is 587 g/mol. The quantitative estimate of drug-likeness (QED) is 0.261. The van der Waals surface area contributed by atoms with Crippen molar-refractivity contribution in [1.82, 2.24) is 0 Å². The van der Waals surface area contributed by atoms with Gasteiger partial charge in [-0.05, 0) is 86.1 Å². The van der Waals surface area contributed by atoms with Crippen molar-refractivity contribution in [2.75, 3.05) is 0 Å². The highest BCUT2D eigenvalue weighted by Crippen LogP contribution is 2.31. The molecule has 0 unspecified atom stereocenters. The smallest absolute Gasteiger partial charge is 0.152 e. The second-order valence-corrected chi connectivity index (χ2v) is 8.11. The first-order chi connectivity index (χ1) is 12.9. The van der Waals surface area contributed by atoms with Crippen molar-refractivity contribution in [3.63, 3.8) is 0 Å². The van der Waals surface area contributed by atoms with E-state index in [4.69, 9.17) is 0 Å². The summed E-state index contributed by atoms with van der Waals surface area (Å²) >= 11 is 4.09. The molecule has 136 valence electrons. The molecule has 0 aliphatic heterocycles. The number of phenols is 1. The molecule has 0 spiro atoms. The summed E-state index contributed by atoms with van der Waals surface area (Å²) in [6.45, 7) is 3.68. The van der Waals surface area contributed by atoms with Gasteiger partial charge in [-0.25, -0.2) is 13.8 Å². The van der Waals surface area contributed by atoms with Crippen LogP contribution in [-0.4, -0.2) is 11.3 Å². The number of hydrogen-bond acceptors (Lipinski definition) is 2. The maximum Gasteiger partial charge on any atom is 0.152 e. The van der Waals surface area contributed by atoms with Crippen molar-refractivity contribution in [3.8, 4) is 16.9 Å². The van der Waals surface area contributed by atoms with E-state index in [-0.39, 0.29) is 5.75 Å². The van der Waals surface area contributed by atoms with Crippen LogP contribution in [0.15, 0.2) is 60.1 Å². The third-order valence-corrected chi connectivity index (χ3v) is 5.33. The molecule has 0 fully saturated rings. The van der Waals surface area contributed by atoms with Gasteiger partial charge in [-0.15, -0.1) is 0 Å². The predicted molar refractivity (Wildman–Crippen MR) is 123 cm³/mol. The Balaban J connectivity index is 1.97. The van der Waals surface area contributed by atoms with Gasteiger partial charge in [0.25, 0.3) is 0 Å². The summed E-state index contributed by atoms with van der Waals surface area (Å²) in [6, 6.07) is 13.2. The van der Waals surface area contributed by atoms with Crippen LogP contribution in [-0.2, 0) is 0 Å². The highest BCUT2D eigenvalue weighted by atomic mass is 127. The van der Waals surface area contributed by atoms with Gasteiger partial charge in [0.1, 0.15) is 11.4 Å². The lowest BCUT2D eigenvalue weighted by Crippen LogP contribution is -1.90. The average Bonchev–Trinajstić information content (AvgIpc) is 2.64. The molecule has 6 heteroatoms. The van der Waals surface area contributed by atoms with Gasteiger partial charge in [0, 0.05) is 15.3 Å². The van der Waals surface area contributed by atoms with E-state index in [2.05, 4.69) is 34.2 Å². The Labute approximate surface area is 182 Å². The number of phenolic OH excluding ortho intramolecular Hbond substituents is 1. The normalized spacial score (nSPS) is 11.1. The van der Waals surface area contributed by atoms with Gasteiger partial charge in [0.15, 0.2) is 11.6 Å². The fourth-order valence-corrected chi connectivity index (χ4v) is 4.38. The lowest BCUT2D eigenvalue weighted by Gasteiger charge is -2.07. The number of nitrogens with zero attached hydrogens (tertiary/aromatic N) is 1. The first kappa shape index (κ1) is 19.9. The maximum atomic E-state index is 14.5. The summed E-state index contributed by atoms with van der Waals surface area (Å²) in [5, 5.41) is 10.1. The Morgan fingerprint density at radius 1 is 0.926 bits per heavy atom. The van der Waals surface area contributed by atoms with Crippen LogP contribution in [0.5, 0.6) is 5.75 Å². The van der Waals surface area contributed by atoms with Crippen LogP contribution in [0, 0.1) is 18.8 Å². The Morgan fingerprint density at radius 3 is 2.15 bits per heavy atom. The Kier molecular flexibility index (Phi) is 6.25. The summed E-state index contributed by atoms with van der Waals surface area (Å²) in [5.74, 6) is -1.51. The molecule has 0 saturated carbocycles. The van der Waals surface area contributed by atoms with Crippen molar-refractivity contribution in [1.29, 1.82) is 0 Å². The Hall–Kier alpha value is -1.81. The number of benzene rings is 3. The van der Waals surface area contributed by atoms with E-state index < -0.39 is 17.3 Å². The van der Waals surface area contributed by atoms with Crippen molar-refractivity contribution < 1.29 is 13.9 Å². The molecule has 0 bridgehead atoms. The Bertz CT molecular complexity index is 1020. The summed E-state index contributed by atoms with van der Waals surface area (Å²) in [7, 11) is 0. The van der Waals surface area contributed by atoms with Gasteiger partial charge in [0.2, 0.25) is 0 Å². The fraction of sp³-hybridized carbons (Fsp3) is 0. The van der Waals surface area contributed by atoms with Gasteiger partial charge < -0.3 is 5.11 Å². The highest BCUT2D eigenvalue weighted by Gasteiger charge is 2.12. The third-order valence-electron chi connectivity index (χ3n) is 3.89. The molecule has 0 aromatic heterocycles. The van der Waals surface area contributed by atoms with Crippen LogP contribution < -0.4 is 0 Å². The minimum Gasteiger partial charge on any atom is -0.506 e. The maximum absolute atomic E-state index is 14.5. The molecule has 0 heterocycles. The molecule has 3 rings (SSSR count). The van der Waals surface area contributed by atoms with Crippen molar-refractivity contribution in [2.45, 2.75) is 0 Å². The van der Waals surface area contributed by atoms with Crippen LogP contribution in [0.3, 0.4) is 0 Å². The first-order valence-electron chi connectivity index (χ1n) is 7.83. The zero-order valence-electron chi connectivity index (χ0n) is 13.9. The van der Waals surface area contributed by atoms with E-state index in [0.29, 0.717) is 20.3 Å². The van der Waals surface area contributed by atoms with Crippen molar-refractivity contribution >= 4 is 63.2 Å². The zero-order chi connectivity index (χ0) is 19.6. The number of hydrogen-bond donors (Lipinski definition) is 1. The minimum absolute atomic E-state index is 0.0273. The van der Waals surface area contributed by atoms with Gasteiger partial charge in [0.05, 0.1) is 3.57 Å². The van der Waals surface area contributed by atoms with Crippen LogP contribution >= 0.6 is 45.2 Å². The van der Waals surface area contributed by atoms with E-state index in [1.54, 1.807) is 30.3 Å². The van der Waals surface area contributed by atoms with E-state index >= 15 is 0 Å². The predicted octanol–water partition coefficient (Wildman–Crippen LogP) is 6.94. The van der Waals surface area contributed by atoms with E-state index in [1.165, 1.54) is 18.3 Å². The molecule has 0 aliphatic rings. The Morgan fingerprint density at radius 2 is 1.56 bits per heavy atom. The molecule has 0 aliphatic carbocycles. The molecular weight excluding hydrogens is 574 g/mol. The molecule has 3 aromatic rings. The second kappa shape index (κ2) is 8.47. The SMILES string of the molecule is C=Cc1ccc(-c2cc(F)c(N=Cc3cc(I)cc(I)c3O)c(F)c2)cc1. The molecule has 3 aromatic carbocycles. The van der Waals surface area contributed by atoms with Crippen LogP contribution in [0.2, 0.25) is 0 Å². The summed E-state index contributed by atoms with van der Waals surface area (Å²) in [4.78, 5) is 3.93.